The molecule has 1 atom stereocenters. The molecule has 1 aliphatic carbocycles. The Morgan fingerprint density at radius 3 is 2.34 bits per heavy atom. The summed E-state index contributed by atoms with van der Waals surface area (Å²) in [4.78, 5) is 12.8. The summed E-state index contributed by atoms with van der Waals surface area (Å²) in [5, 5.41) is 10.2. The monoisotopic (exact) mass is 583 g/mol. The molecule has 1 fully saturated rings. The largest absolute Gasteiger partial charge is 0.493 e. The summed E-state index contributed by atoms with van der Waals surface area (Å²) in [5.41, 5.74) is 7.91. The topological polar surface area (TPSA) is 93.1 Å². The van der Waals surface area contributed by atoms with E-state index in [1.807, 2.05) is 46.8 Å². The highest BCUT2D eigenvalue weighted by Crippen LogP contribution is 2.46. The number of carboxylic acids is 1. The Bertz CT molecular complexity index is 1450. The molecular weight excluding hydrogens is 538 g/mol. The molecule has 0 aromatic heterocycles. The second-order valence-electron chi connectivity index (χ2n) is 13.0. The highest BCUT2D eigenvalue weighted by molar-refractivity contribution is 7.89. The quantitative estimate of drug-likeness (QED) is 0.414. The molecule has 224 valence electrons. The molecule has 2 heterocycles. The van der Waals surface area contributed by atoms with E-state index in [0.29, 0.717) is 31.7 Å². The first-order chi connectivity index (χ1) is 19.3. The molecule has 1 saturated carbocycles. The van der Waals surface area contributed by atoms with Crippen LogP contribution in [0.25, 0.3) is 11.1 Å². The first-order valence-electron chi connectivity index (χ1n) is 15.1. The summed E-state index contributed by atoms with van der Waals surface area (Å²) in [6.45, 7) is 13.1. The molecule has 1 unspecified atom stereocenters. The minimum atomic E-state index is -3.42. The summed E-state index contributed by atoms with van der Waals surface area (Å²) in [7, 11) is -3.42. The Morgan fingerprint density at radius 1 is 0.976 bits per heavy atom. The van der Waals surface area contributed by atoms with Crippen molar-refractivity contribution in [2.45, 2.75) is 116 Å². The number of hydrogen-bond donors (Lipinski definition) is 1. The van der Waals surface area contributed by atoms with E-state index in [-0.39, 0.29) is 5.25 Å². The van der Waals surface area contributed by atoms with Gasteiger partial charge in [0.2, 0.25) is 10.0 Å². The summed E-state index contributed by atoms with van der Waals surface area (Å²) >= 11 is 0. The Labute approximate surface area is 245 Å². The fourth-order valence-corrected chi connectivity index (χ4v) is 9.14. The lowest BCUT2D eigenvalue weighted by atomic mass is 9.79. The van der Waals surface area contributed by atoms with Crippen LogP contribution in [0, 0.1) is 20.8 Å². The van der Waals surface area contributed by atoms with Gasteiger partial charge < -0.3 is 14.6 Å². The predicted molar refractivity (Wildman–Crippen MR) is 161 cm³/mol. The SMILES string of the molecule is Cc1c(-c2c(C)c3c(c(C)c2C(OC(C)(C)C)C(=O)O)CCN(S(=O)(=O)C2CCCCC2)C3)ccc2c1CCCO2. The third kappa shape index (κ3) is 5.67. The third-order valence-corrected chi connectivity index (χ3v) is 11.6. The van der Waals surface area contributed by atoms with Crippen molar-refractivity contribution in [2.24, 2.45) is 0 Å². The lowest BCUT2D eigenvalue weighted by Gasteiger charge is -2.37. The number of carboxylic acid groups (broad SMARTS) is 1. The average molecular weight is 584 g/mol. The molecule has 0 bridgehead atoms. The number of rotatable bonds is 6. The highest BCUT2D eigenvalue weighted by atomic mass is 32.2. The summed E-state index contributed by atoms with van der Waals surface area (Å²) < 4.78 is 41.4. The molecule has 2 aromatic carbocycles. The van der Waals surface area contributed by atoms with E-state index in [2.05, 4.69) is 6.92 Å². The average Bonchev–Trinajstić information content (AvgIpc) is 2.94. The van der Waals surface area contributed by atoms with Crippen LogP contribution in [0.4, 0.5) is 0 Å². The van der Waals surface area contributed by atoms with Gasteiger partial charge in [-0.15, -0.1) is 0 Å². The maximum absolute atomic E-state index is 13.8. The van der Waals surface area contributed by atoms with Crippen molar-refractivity contribution >= 4 is 16.0 Å². The molecule has 2 aliphatic heterocycles. The number of ether oxygens (including phenoxy) is 2. The minimum Gasteiger partial charge on any atom is -0.493 e. The van der Waals surface area contributed by atoms with Gasteiger partial charge in [-0.3, -0.25) is 0 Å². The van der Waals surface area contributed by atoms with E-state index < -0.39 is 27.7 Å². The summed E-state index contributed by atoms with van der Waals surface area (Å²) in [5.74, 6) is -0.142. The van der Waals surface area contributed by atoms with Crippen molar-refractivity contribution < 1.29 is 27.8 Å². The molecule has 8 heteroatoms. The number of hydrogen-bond acceptors (Lipinski definition) is 5. The standard InChI is InChI=1S/C33H45NO6S/c1-20-25-13-10-18-39-28(25)15-14-26(20)29-22(3)27-19-34(41(37,38)23-11-8-7-9-12-23)17-16-24(27)21(2)30(29)31(32(35)36)40-33(4,5)6/h14-15,23,31H,7-13,16-19H2,1-6H3,(H,35,36). The van der Waals surface area contributed by atoms with Crippen molar-refractivity contribution in [3.05, 3.63) is 51.1 Å². The van der Waals surface area contributed by atoms with E-state index in [1.54, 1.807) is 4.31 Å². The molecule has 7 nitrogen and oxygen atoms in total. The van der Waals surface area contributed by atoms with Crippen molar-refractivity contribution in [3.63, 3.8) is 0 Å². The van der Waals surface area contributed by atoms with Gasteiger partial charge in [-0.25, -0.2) is 13.2 Å². The number of benzene rings is 2. The van der Waals surface area contributed by atoms with Crippen LogP contribution >= 0.6 is 0 Å². The van der Waals surface area contributed by atoms with Crippen LogP contribution in [0.15, 0.2) is 12.1 Å². The maximum atomic E-state index is 13.8. The Morgan fingerprint density at radius 2 is 1.68 bits per heavy atom. The first-order valence-corrected chi connectivity index (χ1v) is 16.6. The van der Waals surface area contributed by atoms with Crippen LogP contribution < -0.4 is 4.74 Å². The Kier molecular flexibility index (Phi) is 8.31. The van der Waals surface area contributed by atoms with E-state index >= 15 is 0 Å². The molecule has 3 aliphatic rings. The number of carbonyl (C=O) groups is 1. The zero-order valence-electron chi connectivity index (χ0n) is 25.4. The number of sulfonamides is 1. The lowest BCUT2D eigenvalue weighted by Crippen LogP contribution is -2.43. The molecule has 0 saturated heterocycles. The maximum Gasteiger partial charge on any atom is 0.337 e. The molecule has 2 aromatic rings. The Balaban J connectivity index is 1.71. The van der Waals surface area contributed by atoms with Crippen LogP contribution in [0.3, 0.4) is 0 Å². The molecule has 41 heavy (non-hydrogen) atoms. The first kappa shape index (κ1) is 30.1. The predicted octanol–water partition coefficient (Wildman–Crippen LogP) is 6.57. The van der Waals surface area contributed by atoms with Gasteiger partial charge in [0.25, 0.3) is 0 Å². The smallest absolute Gasteiger partial charge is 0.337 e. The third-order valence-electron chi connectivity index (χ3n) is 9.21. The molecule has 1 N–H and O–H groups in total. The van der Waals surface area contributed by atoms with Crippen molar-refractivity contribution in [1.82, 2.24) is 4.31 Å². The minimum absolute atomic E-state index is 0.308. The van der Waals surface area contributed by atoms with Gasteiger partial charge in [-0.05, 0) is 124 Å². The number of nitrogens with zero attached hydrogens (tertiary/aromatic N) is 1. The van der Waals surface area contributed by atoms with Gasteiger partial charge in [0.15, 0.2) is 6.10 Å². The molecule has 0 amide bonds. The van der Waals surface area contributed by atoms with Crippen LogP contribution in [0.5, 0.6) is 5.75 Å². The molecule has 0 spiro atoms. The van der Waals surface area contributed by atoms with Gasteiger partial charge in [-0.1, -0.05) is 25.3 Å². The van der Waals surface area contributed by atoms with Crippen molar-refractivity contribution in [3.8, 4) is 16.9 Å². The Hall–Kier alpha value is -2.42. The van der Waals surface area contributed by atoms with Crippen LogP contribution in [0.1, 0.15) is 104 Å². The van der Waals surface area contributed by atoms with Crippen LogP contribution in [-0.2, 0) is 38.9 Å². The zero-order chi connectivity index (χ0) is 29.7. The van der Waals surface area contributed by atoms with Crippen LogP contribution in [0.2, 0.25) is 0 Å². The van der Waals surface area contributed by atoms with Gasteiger partial charge in [0.1, 0.15) is 5.75 Å². The van der Waals surface area contributed by atoms with Gasteiger partial charge in [-0.2, -0.15) is 4.31 Å². The van der Waals surface area contributed by atoms with E-state index in [0.717, 1.165) is 95.2 Å². The second kappa shape index (κ2) is 11.3. The lowest BCUT2D eigenvalue weighted by molar-refractivity contribution is -0.160. The zero-order valence-corrected chi connectivity index (χ0v) is 26.2. The number of fused-ring (bicyclic) bond motifs is 2. The highest BCUT2D eigenvalue weighted by Gasteiger charge is 2.39. The molecule has 5 rings (SSSR count). The number of aliphatic carboxylic acids is 1. The van der Waals surface area contributed by atoms with E-state index in [1.165, 1.54) is 0 Å². The summed E-state index contributed by atoms with van der Waals surface area (Å²) in [6.07, 6.45) is 5.73. The van der Waals surface area contributed by atoms with Gasteiger partial charge in [0, 0.05) is 18.7 Å². The fourth-order valence-electron chi connectivity index (χ4n) is 7.13. The summed E-state index contributed by atoms with van der Waals surface area (Å²) in [6, 6.07) is 4.03. The molecular formula is C33H45NO6S. The molecule has 0 radical (unpaired) electrons. The van der Waals surface area contributed by atoms with Gasteiger partial charge >= 0.3 is 5.97 Å². The van der Waals surface area contributed by atoms with Gasteiger partial charge in [0.05, 0.1) is 17.5 Å². The van der Waals surface area contributed by atoms with E-state index in [4.69, 9.17) is 9.47 Å². The van der Waals surface area contributed by atoms with Crippen molar-refractivity contribution in [1.29, 1.82) is 0 Å². The van der Waals surface area contributed by atoms with E-state index in [9.17, 15) is 18.3 Å². The normalized spacial score (nSPS) is 19.3. The van der Waals surface area contributed by atoms with Crippen molar-refractivity contribution in [2.75, 3.05) is 13.2 Å². The van der Waals surface area contributed by atoms with Crippen LogP contribution in [-0.4, -0.2) is 47.8 Å². The second-order valence-corrected chi connectivity index (χ2v) is 15.2. The fraction of sp³-hybridized carbons (Fsp3) is 0.606.